The molecule has 2 N–H and O–H groups in total. The average molecular weight is 236 g/mol. The van der Waals surface area contributed by atoms with Gasteiger partial charge in [-0.2, -0.15) is 0 Å². The lowest BCUT2D eigenvalue weighted by Crippen LogP contribution is -2.08. The molecule has 0 radical (unpaired) electrons. The third-order valence-corrected chi connectivity index (χ3v) is 2.17. The number of hydrogen-bond donors (Lipinski definition) is 2. The van der Waals surface area contributed by atoms with Crippen molar-refractivity contribution in [1.29, 1.82) is 0 Å². The van der Waals surface area contributed by atoms with Crippen molar-refractivity contribution >= 4 is 11.7 Å². The van der Waals surface area contributed by atoms with Gasteiger partial charge in [-0.05, 0) is 12.1 Å². The first kappa shape index (κ1) is 11.1. The molecule has 2 rings (SSSR count). The fourth-order valence-electron chi connectivity index (χ4n) is 1.40. The minimum Gasteiger partial charge on any atom is -0.478 e. The molecule has 88 valence electrons. The Labute approximate surface area is 95.9 Å². The van der Waals surface area contributed by atoms with Crippen LogP contribution in [-0.4, -0.2) is 16.2 Å². The van der Waals surface area contributed by atoms with Gasteiger partial charge in [-0.25, -0.2) is 9.18 Å². The van der Waals surface area contributed by atoms with Gasteiger partial charge < -0.3 is 14.9 Å². The van der Waals surface area contributed by atoms with Crippen molar-refractivity contribution in [2.75, 3.05) is 5.32 Å². The molecular formula is C11H9FN2O3. The molecule has 1 aromatic carbocycles. The van der Waals surface area contributed by atoms with Crippen molar-refractivity contribution in [3.63, 3.8) is 0 Å². The van der Waals surface area contributed by atoms with Crippen molar-refractivity contribution in [3.05, 3.63) is 47.6 Å². The molecule has 1 heterocycles. The van der Waals surface area contributed by atoms with E-state index in [1.807, 2.05) is 0 Å². The van der Waals surface area contributed by atoms with Crippen LogP contribution in [-0.2, 0) is 6.54 Å². The van der Waals surface area contributed by atoms with E-state index < -0.39 is 11.8 Å². The van der Waals surface area contributed by atoms with Gasteiger partial charge in [-0.15, -0.1) is 0 Å². The quantitative estimate of drug-likeness (QED) is 0.850. The molecule has 0 atom stereocenters. The Morgan fingerprint density at radius 3 is 2.94 bits per heavy atom. The van der Waals surface area contributed by atoms with Gasteiger partial charge in [0.2, 0.25) is 0 Å². The third-order valence-electron chi connectivity index (χ3n) is 2.17. The van der Waals surface area contributed by atoms with Gasteiger partial charge in [0.1, 0.15) is 11.4 Å². The maximum Gasteiger partial charge on any atom is 0.340 e. The maximum atomic E-state index is 13.3. The van der Waals surface area contributed by atoms with Crippen molar-refractivity contribution in [1.82, 2.24) is 5.16 Å². The number of halogens is 1. The van der Waals surface area contributed by atoms with Crippen molar-refractivity contribution in [2.45, 2.75) is 6.54 Å². The van der Waals surface area contributed by atoms with Crippen LogP contribution in [0.2, 0.25) is 0 Å². The minimum atomic E-state index is -1.32. The number of aromatic carboxylic acids is 1. The van der Waals surface area contributed by atoms with Crippen LogP contribution in [0.1, 0.15) is 16.1 Å². The normalized spacial score (nSPS) is 10.2. The molecule has 5 nitrogen and oxygen atoms in total. The Morgan fingerprint density at radius 1 is 1.47 bits per heavy atom. The van der Waals surface area contributed by atoms with Gasteiger partial charge in [0.15, 0.2) is 5.76 Å². The molecule has 0 unspecified atom stereocenters. The highest BCUT2D eigenvalue weighted by atomic mass is 19.1. The van der Waals surface area contributed by atoms with Crippen LogP contribution >= 0.6 is 0 Å². The van der Waals surface area contributed by atoms with E-state index in [1.165, 1.54) is 18.3 Å². The van der Waals surface area contributed by atoms with Gasteiger partial charge in [0, 0.05) is 6.07 Å². The van der Waals surface area contributed by atoms with E-state index in [4.69, 9.17) is 9.63 Å². The van der Waals surface area contributed by atoms with Gasteiger partial charge in [0.25, 0.3) is 0 Å². The lowest BCUT2D eigenvalue weighted by molar-refractivity contribution is 0.0693. The van der Waals surface area contributed by atoms with E-state index in [0.29, 0.717) is 5.76 Å². The SMILES string of the molecule is O=C(O)c1c(F)cccc1NCc1ccno1. The first-order chi connectivity index (χ1) is 8.18. The highest BCUT2D eigenvalue weighted by molar-refractivity contribution is 5.94. The smallest absolute Gasteiger partial charge is 0.340 e. The molecule has 17 heavy (non-hydrogen) atoms. The monoisotopic (exact) mass is 236 g/mol. The van der Waals surface area contributed by atoms with Gasteiger partial charge in [-0.3, -0.25) is 0 Å². The Bertz CT molecular complexity index is 526. The molecule has 0 aliphatic heterocycles. The summed E-state index contributed by atoms with van der Waals surface area (Å²) in [7, 11) is 0. The van der Waals surface area contributed by atoms with Gasteiger partial charge >= 0.3 is 5.97 Å². The highest BCUT2D eigenvalue weighted by Crippen LogP contribution is 2.19. The zero-order valence-corrected chi connectivity index (χ0v) is 8.68. The van der Waals surface area contributed by atoms with Crippen LogP contribution < -0.4 is 5.32 Å². The van der Waals surface area contributed by atoms with E-state index in [1.54, 1.807) is 6.07 Å². The molecule has 0 fully saturated rings. The molecule has 0 saturated carbocycles. The van der Waals surface area contributed by atoms with E-state index in [0.717, 1.165) is 6.07 Å². The standard InChI is InChI=1S/C11H9FN2O3/c12-8-2-1-3-9(10(8)11(15)16)13-6-7-4-5-14-17-7/h1-5,13H,6H2,(H,15,16). The van der Waals surface area contributed by atoms with Gasteiger partial charge in [0.05, 0.1) is 18.4 Å². The van der Waals surface area contributed by atoms with E-state index in [-0.39, 0.29) is 17.8 Å². The summed E-state index contributed by atoms with van der Waals surface area (Å²) in [6.45, 7) is 0.240. The second-order valence-corrected chi connectivity index (χ2v) is 3.30. The summed E-state index contributed by atoms with van der Waals surface area (Å²) in [6, 6.07) is 5.66. The first-order valence-electron chi connectivity index (χ1n) is 4.83. The Kier molecular flexibility index (Phi) is 3.04. The molecule has 0 amide bonds. The summed E-state index contributed by atoms with van der Waals surface area (Å²) in [6.07, 6.45) is 1.47. The molecule has 0 aliphatic rings. The third kappa shape index (κ3) is 2.41. The van der Waals surface area contributed by atoms with Crippen LogP contribution in [0, 0.1) is 5.82 Å². The summed E-state index contributed by atoms with van der Waals surface area (Å²) < 4.78 is 18.1. The number of nitrogens with zero attached hydrogens (tertiary/aromatic N) is 1. The predicted molar refractivity (Wildman–Crippen MR) is 57.2 cm³/mol. The number of carboxylic acids is 1. The molecular weight excluding hydrogens is 227 g/mol. The zero-order chi connectivity index (χ0) is 12.3. The van der Waals surface area contributed by atoms with E-state index in [9.17, 15) is 9.18 Å². The minimum absolute atomic E-state index is 0.203. The van der Waals surface area contributed by atoms with Gasteiger partial charge in [-0.1, -0.05) is 11.2 Å². The number of nitrogens with one attached hydrogen (secondary N) is 1. The zero-order valence-electron chi connectivity index (χ0n) is 8.68. The van der Waals surface area contributed by atoms with Crippen molar-refractivity contribution in [2.24, 2.45) is 0 Å². The molecule has 2 aromatic rings. The second-order valence-electron chi connectivity index (χ2n) is 3.30. The molecule has 0 bridgehead atoms. The number of carboxylic acid groups (broad SMARTS) is 1. The summed E-state index contributed by atoms with van der Waals surface area (Å²) in [5.41, 5.74) is -0.180. The number of anilines is 1. The number of rotatable bonds is 4. The van der Waals surface area contributed by atoms with Crippen LogP contribution in [0.4, 0.5) is 10.1 Å². The summed E-state index contributed by atoms with van der Waals surface area (Å²) >= 11 is 0. The largest absolute Gasteiger partial charge is 0.478 e. The Hall–Kier alpha value is -2.37. The number of carbonyl (C=O) groups is 1. The summed E-state index contributed by atoms with van der Waals surface area (Å²) in [4.78, 5) is 10.9. The van der Waals surface area contributed by atoms with Crippen LogP contribution in [0.3, 0.4) is 0 Å². The number of hydrogen-bond acceptors (Lipinski definition) is 4. The van der Waals surface area contributed by atoms with E-state index in [2.05, 4.69) is 10.5 Å². The fraction of sp³-hybridized carbons (Fsp3) is 0.0909. The summed E-state index contributed by atoms with van der Waals surface area (Å²) in [5.74, 6) is -1.56. The molecule has 0 saturated heterocycles. The molecule has 0 aliphatic carbocycles. The predicted octanol–water partition coefficient (Wildman–Crippen LogP) is 2.12. The van der Waals surface area contributed by atoms with Crippen LogP contribution in [0.5, 0.6) is 0 Å². The first-order valence-corrected chi connectivity index (χ1v) is 4.83. The molecule has 6 heteroatoms. The molecule has 1 aromatic heterocycles. The topological polar surface area (TPSA) is 75.4 Å². The number of aromatic nitrogens is 1. The van der Waals surface area contributed by atoms with E-state index >= 15 is 0 Å². The lowest BCUT2D eigenvalue weighted by atomic mass is 10.1. The van der Waals surface area contributed by atoms with Crippen molar-refractivity contribution < 1.29 is 18.8 Å². The number of benzene rings is 1. The second kappa shape index (κ2) is 4.65. The summed E-state index contributed by atoms with van der Waals surface area (Å²) in [5, 5.41) is 15.2. The maximum absolute atomic E-state index is 13.3. The average Bonchev–Trinajstić information content (AvgIpc) is 2.78. The molecule has 0 spiro atoms. The van der Waals surface area contributed by atoms with Crippen molar-refractivity contribution in [3.8, 4) is 0 Å². The highest BCUT2D eigenvalue weighted by Gasteiger charge is 2.15. The fourth-order valence-corrected chi connectivity index (χ4v) is 1.40. The Morgan fingerprint density at radius 2 is 2.29 bits per heavy atom. The Balaban J connectivity index is 2.21. The lowest BCUT2D eigenvalue weighted by Gasteiger charge is -2.08. The van der Waals surface area contributed by atoms with Crippen LogP contribution in [0.25, 0.3) is 0 Å². The van der Waals surface area contributed by atoms with Crippen LogP contribution in [0.15, 0.2) is 35.0 Å².